The number of aromatic hydroxyl groups is 1. The highest BCUT2D eigenvalue weighted by atomic mass is 32.2. The predicted octanol–water partition coefficient (Wildman–Crippen LogP) is 4.09. The summed E-state index contributed by atoms with van der Waals surface area (Å²) in [5.74, 6) is -0.257. The maximum absolute atomic E-state index is 13.4. The van der Waals surface area contributed by atoms with Crippen LogP contribution in [0.2, 0.25) is 0 Å². The van der Waals surface area contributed by atoms with E-state index in [9.17, 15) is 18.3 Å². The molecule has 0 bridgehead atoms. The van der Waals surface area contributed by atoms with Gasteiger partial charge in [-0.2, -0.15) is 4.72 Å². The van der Waals surface area contributed by atoms with Gasteiger partial charge in [-0.05, 0) is 52.6 Å². The number of carbonyl (C=O) groups excluding carboxylic acids is 1. The van der Waals surface area contributed by atoms with E-state index in [1.54, 1.807) is 49.5 Å². The highest BCUT2D eigenvalue weighted by molar-refractivity contribution is 7.89. The standard InChI is InChI=1S/C27H26N2O4S/c1-29(19-21-10-7-13-24(30)16-21)27(31)26(17-20-8-3-2-4-9-20)28-34(32,33)25-15-14-22-11-5-6-12-23(22)18-25/h2-16,18,26,28,30H,17,19H2,1H3. The fourth-order valence-electron chi connectivity index (χ4n) is 3.89. The van der Waals surface area contributed by atoms with Crippen molar-refractivity contribution in [1.82, 2.24) is 9.62 Å². The molecule has 0 aliphatic heterocycles. The van der Waals surface area contributed by atoms with Crippen LogP contribution in [0.15, 0.2) is 102 Å². The molecular formula is C27H26N2O4S. The van der Waals surface area contributed by atoms with Crippen LogP contribution < -0.4 is 4.72 Å². The average molecular weight is 475 g/mol. The molecule has 0 radical (unpaired) electrons. The van der Waals surface area contributed by atoms with Crippen LogP contribution in [0.4, 0.5) is 0 Å². The second kappa shape index (κ2) is 10.1. The minimum absolute atomic E-state index is 0.104. The van der Waals surface area contributed by atoms with Gasteiger partial charge in [0.1, 0.15) is 11.8 Å². The third kappa shape index (κ3) is 5.62. The van der Waals surface area contributed by atoms with Crippen LogP contribution in [-0.4, -0.2) is 37.4 Å². The van der Waals surface area contributed by atoms with Gasteiger partial charge in [-0.15, -0.1) is 0 Å². The van der Waals surface area contributed by atoms with Crippen LogP contribution in [0.1, 0.15) is 11.1 Å². The summed E-state index contributed by atoms with van der Waals surface area (Å²) in [5.41, 5.74) is 1.58. The zero-order chi connectivity index (χ0) is 24.1. The van der Waals surface area contributed by atoms with E-state index >= 15 is 0 Å². The van der Waals surface area contributed by atoms with Crippen molar-refractivity contribution < 1.29 is 18.3 Å². The first-order valence-corrected chi connectivity index (χ1v) is 12.4. The number of benzene rings is 4. The number of fused-ring (bicyclic) bond motifs is 1. The third-order valence-corrected chi connectivity index (χ3v) is 7.09. The molecule has 4 aromatic carbocycles. The summed E-state index contributed by atoms with van der Waals surface area (Å²) in [5, 5.41) is 11.5. The number of nitrogens with zero attached hydrogens (tertiary/aromatic N) is 1. The predicted molar refractivity (Wildman–Crippen MR) is 133 cm³/mol. The molecule has 7 heteroatoms. The molecule has 174 valence electrons. The first kappa shape index (κ1) is 23.5. The van der Waals surface area contributed by atoms with Gasteiger partial charge in [-0.3, -0.25) is 4.79 Å². The molecule has 4 aromatic rings. The van der Waals surface area contributed by atoms with Crippen molar-refractivity contribution in [2.45, 2.75) is 23.9 Å². The maximum Gasteiger partial charge on any atom is 0.241 e. The quantitative estimate of drug-likeness (QED) is 0.403. The number of sulfonamides is 1. The lowest BCUT2D eigenvalue weighted by atomic mass is 10.1. The Hall–Kier alpha value is -3.68. The van der Waals surface area contributed by atoms with Crippen LogP contribution in [0.25, 0.3) is 10.8 Å². The molecule has 2 N–H and O–H groups in total. The van der Waals surface area contributed by atoms with Crippen LogP contribution in [0, 0.1) is 0 Å². The summed E-state index contributed by atoms with van der Waals surface area (Å²) in [6, 6.07) is 27.4. The lowest BCUT2D eigenvalue weighted by Gasteiger charge is -2.25. The Morgan fingerprint density at radius 1 is 0.853 bits per heavy atom. The minimum Gasteiger partial charge on any atom is -0.508 e. The van der Waals surface area contributed by atoms with Gasteiger partial charge in [0.2, 0.25) is 15.9 Å². The molecule has 0 heterocycles. The number of rotatable bonds is 8. The minimum atomic E-state index is -3.97. The summed E-state index contributed by atoms with van der Waals surface area (Å²) in [7, 11) is -2.35. The summed E-state index contributed by atoms with van der Waals surface area (Å²) < 4.78 is 29.2. The van der Waals surface area contributed by atoms with E-state index in [4.69, 9.17) is 0 Å². The van der Waals surface area contributed by atoms with Gasteiger partial charge >= 0.3 is 0 Å². The van der Waals surface area contributed by atoms with Gasteiger partial charge in [0.15, 0.2) is 0 Å². The van der Waals surface area contributed by atoms with Crippen molar-refractivity contribution in [2.24, 2.45) is 0 Å². The van der Waals surface area contributed by atoms with E-state index in [1.165, 1.54) is 4.90 Å². The molecule has 0 aliphatic rings. The van der Waals surface area contributed by atoms with E-state index in [-0.39, 0.29) is 29.5 Å². The number of amides is 1. The molecule has 0 fully saturated rings. The lowest BCUT2D eigenvalue weighted by molar-refractivity contribution is -0.132. The molecule has 0 saturated heterocycles. The van der Waals surface area contributed by atoms with Gasteiger partial charge in [0, 0.05) is 13.6 Å². The SMILES string of the molecule is CN(Cc1cccc(O)c1)C(=O)C(Cc1ccccc1)NS(=O)(=O)c1ccc2ccccc2c1. The number of hydrogen-bond donors (Lipinski definition) is 2. The molecular weight excluding hydrogens is 448 g/mol. The Morgan fingerprint density at radius 2 is 1.53 bits per heavy atom. The Labute approximate surface area is 199 Å². The summed E-state index contributed by atoms with van der Waals surface area (Å²) in [6.45, 7) is 0.232. The van der Waals surface area contributed by atoms with Crippen LogP contribution in [-0.2, 0) is 27.8 Å². The Kier molecular flexibility index (Phi) is 6.95. The van der Waals surface area contributed by atoms with Crippen molar-refractivity contribution in [3.8, 4) is 5.75 Å². The van der Waals surface area contributed by atoms with Crippen molar-refractivity contribution >= 4 is 26.7 Å². The number of carbonyl (C=O) groups is 1. The second-order valence-electron chi connectivity index (χ2n) is 8.24. The Morgan fingerprint density at radius 3 is 2.26 bits per heavy atom. The second-order valence-corrected chi connectivity index (χ2v) is 9.95. The third-order valence-electron chi connectivity index (χ3n) is 5.62. The van der Waals surface area contributed by atoms with Crippen molar-refractivity contribution in [3.05, 3.63) is 108 Å². The fourth-order valence-corrected chi connectivity index (χ4v) is 5.12. The monoisotopic (exact) mass is 474 g/mol. The number of hydrogen-bond acceptors (Lipinski definition) is 4. The van der Waals surface area contributed by atoms with Gasteiger partial charge in [-0.1, -0.05) is 72.8 Å². The molecule has 0 saturated carbocycles. The van der Waals surface area contributed by atoms with E-state index in [1.807, 2.05) is 54.6 Å². The molecule has 0 spiro atoms. The molecule has 4 rings (SSSR count). The molecule has 1 atom stereocenters. The highest BCUT2D eigenvalue weighted by Crippen LogP contribution is 2.20. The van der Waals surface area contributed by atoms with Gasteiger partial charge in [0.05, 0.1) is 4.90 Å². The van der Waals surface area contributed by atoms with Gasteiger partial charge in [0.25, 0.3) is 0 Å². The molecule has 1 unspecified atom stereocenters. The zero-order valence-corrected chi connectivity index (χ0v) is 19.6. The largest absolute Gasteiger partial charge is 0.508 e. The van der Waals surface area contributed by atoms with E-state index in [2.05, 4.69) is 4.72 Å². The number of likely N-dealkylation sites (N-methyl/N-ethyl adjacent to an activating group) is 1. The Bertz CT molecular complexity index is 1400. The van der Waals surface area contributed by atoms with Crippen molar-refractivity contribution in [1.29, 1.82) is 0 Å². The Balaban J connectivity index is 1.61. The summed E-state index contributed by atoms with van der Waals surface area (Å²) in [4.78, 5) is 15.0. The van der Waals surface area contributed by atoms with Crippen molar-refractivity contribution in [3.63, 3.8) is 0 Å². The smallest absolute Gasteiger partial charge is 0.241 e. The van der Waals surface area contributed by atoms with Gasteiger partial charge < -0.3 is 10.0 Å². The normalized spacial score (nSPS) is 12.4. The zero-order valence-electron chi connectivity index (χ0n) is 18.8. The van der Waals surface area contributed by atoms with Crippen molar-refractivity contribution in [2.75, 3.05) is 7.05 Å². The van der Waals surface area contributed by atoms with E-state index in [0.29, 0.717) is 0 Å². The number of phenols is 1. The maximum atomic E-state index is 13.4. The molecule has 34 heavy (non-hydrogen) atoms. The molecule has 6 nitrogen and oxygen atoms in total. The number of nitrogens with one attached hydrogen (secondary N) is 1. The fraction of sp³-hybridized carbons (Fsp3) is 0.148. The molecule has 0 aliphatic carbocycles. The first-order valence-electron chi connectivity index (χ1n) is 10.9. The molecule has 1 amide bonds. The lowest BCUT2D eigenvalue weighted by Crippen LogP contribution is -2.48. The van der Waals surface area contributed by atoms with E-state index < -0.39 is 16.1 Å². The van der Waals surface area contributed by atoms with E-state index in [0.717, 1.165) is 21.9 Å². The first-order chi connectivity index (χ1) is 16.3. The van der Waals surface area contributed by atoms with Crippen LogP contribution in [0.5, 0.6) is 5.75 Å². The van der Waals surface area contributed by atoms with Crippen LogP contribution in [0.3, 0.4) is 0 Å². The van der Waals surface area contributed by atoms with Gasteiger partial charge in [-0.25, -0.2) is 8.42 Å². The summed E-state index contributed by atoms with van der Waals surface area (Å²) in [6.07, 6.45) is 0.205. The highest BCUT2D eigenvalue weighted by Gasteiger charge is 2.28. The number of phenolic OH excluding ortho intramolecular Hbond substituents is 1. The summed E-state index contributed by atoms with van der Waals surface area (Å²) >= 11 is 0. The topological polar surface area (TPSA) is 86.7 Å². The molecule has 0 aromatic heterocycles. The van der Waals surface area contributed by atoms with Crippen LogP contribution >= 0.6 is 0 Å². The average Bonchev–Trinajstić information content (AvgIpc) is 2.83.